The third-order valence-corrected chi connectivity index (χ3v) is 8.91. The molecular weight excluding hydrogens is 583 g/mol. The summed E-state index contributed by atoms with van der Waals surface area (Å²) in [5, 5.41) is 6.09. The number of nitrogens with one attached hydrogen (secondary N) is 1. The Labute approximate surface area is 282 Å². The van der Waals surface area contributed by atoms with E-state index < -0.39 is 0 Å². The normalized spacial score (nSPS) is 11.8. The third kappa shape index (κ3) is 5.56. The summed E-state index contributed by atoms with van der Waals surface area (Å²) in [4.78, 5) is 4.24. The first-order valence-corrected chi connectivity index (χ1v) is 16.2. The van der Waals surface area contributed by atoms with Crippen molar-refractivity contribution in [3.63, 3.8) is 0 Å². The number of aryl methyl sites for hydroxylation is 1. The number of fused-ring (bicyclic) bond motifs is 3. The molecular formula is C45H37N3. The van der Waals surface area contributed by atoms with Gasteiger partial charge in [-0.05, 0) is 96.4 Å². The van der Waals surface area contributed by atoms with Crippen molar-refractivity contribution in [1.82, 2.24) is 4.57 Å². The van der Waals surface area contributed by atoms with Crippen LogP contribution in [0.25, 0.3) is 55.3 Å². The number of hydrogen-bond donors (Lipinski definition) is 1. The van der Waals surface area contributed by atoms with E-state index in [2.05, 4.69) is 169 Å². The average Bonchev–Trinajstić information content (AvgIpc) is 3.48. The van der Waals surface area contributed by atoms with Gasteiger partial charge >= 0.3 is 0 Å². The van der Waals surface area contributed by atoms with E-state index in [1.54, 1.807) is 0 Å². The molecule has 0 saturated heterocycles. The van der Waals surface area contributed by atoms with Crippen molar-refractivity contribution in [2.24, 2.45) is 4.99 Å². The molecule has 0 atom stereocenters. The molecule has 232 valence electrons. The van der Waals surface area contributed by atoms with Gasteiger partial charge in [-0.3, -0.25) is 4.99 Å². The molecule has 3 nitrogen and oxygen atoms in total. The molecule has 48 heavy (non-hydrogen) atoms. The molecule has 0 aliphatic rings. The molecule has 0 aliphatic heterocycles. The number of anilines is 2. The Hall–Kier alpha value is -6.19. The zero-order valence-electron chi connectivity index (χ0n) is 27.3. The second kappa shape index (κ2) is 13.3. The molecule has 3 heteroatoms. The molecule has 1 N–H and O–H groups in total. The van der Waals surface area contributed by atoms with Gasteiger partial charge in [-0.1, -0.05) is 122 Å². The summed E-state index contributed by atoms with van der Waals surface area (Å²) in [7, 11) is 0. The van der Waals surface area contributed by atoms with Crippen LogP contribution in [0, 0.1) is 6.92 Å². The molecule has 7 aromatic rings. The van der Waals surface area contributed by atoms with Crippen molar-refractivity contribution in [2.45, 2.75) is 13.8 Å². The number of aromatic nitrogens is 1. The molecule has 0 fully saturated rings. The summed E-state index contributed by atoms with van der Waals surface area (Å²) in [6, 6.07) is 47.2. The first-order chi connectivity index (χ1) is 23.6. The fourth-order valence-electron chi connectivity index (χ4n) is 6.73. The maximum Gasteiger partial charge on any atom is 0.0857 e. The highest BCUT2D eigenvalue weighted by atomic mass is 15.0. The molecule has 0 aliphatic carbocycles. The van der Waals surface area contributed by atoms with Gasteiger partial charge in [0, 0.05) is 27.7 Å². The van der Waals surface area contributed by atoms with E-state index in [-0.39, 0.29) is 0 Å². The molecule has 6 aromatic carbocycles. The van der Waals surface area contributed by atoms with Crippen LogP contribution < -0.4 is 5.32 Å². The van der Waals surface area contributed by atoms with Crippen LogP contribution >= 0.6 is 0 Å². The van der Waals surface area contributed by atoms with Crippen LogP contribution in [0.15, 0.2) is 169 Å². The van der Waals surface area contributed by atoms with E-state index in [4.69, 9.17) is 0 Å². The van der Waals surface area contributed by atoms with Crippen LogP contribution in [0.3, 0.4) is 0 Å². The summed E-state index contributed by atoms with van der Waals surface area (Å²) in [6.07, 6.45) is 8.16. The molecule has 7 rings (SSSR count). The van der Waals surface area contributed by atoms with Gasteiger partial charge in [-0.2, -0.15) is 0 Å². The molecule has 0 saturated carbocycles. The van der Waals surface area contributed by atoms with E-state index >= 15 is 0 Å². The fourth-order valence-corrected chi connectivity index (χ4v) is 6.73. The van der Waals surface area contributed by atoms with Gasteiger partial charge in [-0.25, -0.2) is 0 Å². The van der Waals surface area contributed by atoms with E-state index in [0.717, 1.165) is 45.0 Å². The number of para-hydroxylation sites is 4. The lowest BCUT2D eigenvalue weighted by Crippen LogP contribution is -2.00. The lowest BCUT2D eigenvalue weighted by molar-refractivity contribution is 1.17. The van der Waals surface area contributed by atoms with E-state index in [9.17, 15) is 0 Å². The lowest BCUT2D eigenvalue weighted by atomic mass is 9.95. The highest BCUT2D eigenvalue weighted by Crippen LogP contribution is 2.42. The van der Waals surface area contributed by atoms with E-state index in [1.807, 2.05) is 30.3 Å². The molecule has 0 unspecified atom stereocenters. The second-order valence-electron chi connectivity index (χ2n) is 11.8. The molecule has 1 aromatic heterocycles. The highest BCUT2D eigenvalue weighted by Gasteiger charge is 2.19. The van der Waals surface area contributed by atoms with Crippen molar-refractivity contribution >= 4 is 51.2 Å². The summed E-state index contributed by atoms with van der Waals surface area (Å²) < 4.78 is 2.44. The standard InChI is InChI=1S/C45H37N3/c1-5-16-32(17-6-2)34-28-35(33-18-8-7-9-19-33)30-36(29-34)48-44-25-15-11-21-39(44)40-27-26-37(31(3)45(40)48)38-20-10-12-22-41(38)47-43-24-14-13-23-42(43)46-4/h5-30,47H,1,4H2,2-3H3/b17-6-,32-16+. The van der Waals surface area contributed by atoms with Crippen molar-refractivity contribution in [1.29, 1.82) is 0 Å². The first kappa shape index (κ1) is 30.5. The minimum absolute atomic E-state index is 0.816. The Morgan fingerprint density at radius 1 is 0.708 bits per heavy atom. The van der Waals surface area contributed by atoms with Crippen LogP contribution in [0.1, 0.15) is 18.1 Å². The van der Waals surface area contributed by atoms with Gasteiger partial charge in [-0.15, -0.1) is 0 Å². The summed E-state index contributed by atoms with van der Waals surface area (Å²) in [5.74, 6) is 0. The Bertz CT molecular complexity index is 2370. The Morgan fingerprint density at radius 3 is 2.23 bits per heavy atom. The van der Waals surface area contributed by atoms with Crippen LogP contribution in [0.2, 0.25) is 0 Å². The maximum absolute atomic E-state index is 4.24. The van der Waals surface area contributed by atoms with Gasteiger partial charge in [0.2, 0.25) is 0 Å². The maximum atomic E-state index is 4.24. The number of benzene rings is 6. The largest absolute Gasteiger partial charge is 0.353 e. The van der Waals surface area contributed by atoms with Gasteiger partial charge < -0.3 is 9.88 Å². The molecule has 0 radical (unpaired) electrons. The Morgan fingerprint density at radius 2 is 1.44 bits per heavy atom. The minimum Gasteiger partial charge on any atom is -0.353 e. The quantitative estimate of drug-likeness (QED) is 0.126. The average molecular weight is 620 g/mol. The van der Waals surface area contributed by atoms with Crippen molar-refractivity contribution in [3.05, 3.63) is 175 Å². The Kier molecular flexibility index (Phi) is 8.42. The zero-order chi connectivity index (χ0) is 33.0. The third-order valence-electron chi connectivity index (χ3n) is 8.91. The smallest absolute Gasteiger partial charge is 0.0857 e. The Balaban J connectivity index is 1.50. The zero-order valence-corrected chi connectivity index (χ0v) is 27.3. The van der Waals surface area contributed by atoms with Crippen LogP contribution in [-0.2, 0) is 0 Å². The fraction of sp³-hybridized carbons (Fsp3) is 0.0444. The van der Waals surface area contributed by atoms with E-state index in [0.29, 0.717) is 0 Å². The summed E-state index contributed by atoms with van der Waals surface area (Å²) in [6.45, 7) is 12.1. The van der Waals surface area contributed by atoms with E-state index in [1.165, 1.54) is 38.5 Å². The number of aliphatic imine (C=N–C) groups is 1. The van der Waals surface area contributed by atoms with Gasteiger partial charge in [0.05, 0.1) is 22.4 Å². The van der Waals surface area contributed by atoms with Gasteiger partial charge in [0.15, 0.2) is 0 Å². The molecule has 0 spiro atoms. The number of hydrogen-bond acceptors (Lipinski definition) is 2. The first-order valence-electron chi connectivity index (χ1n) is 16.2. The topological polar surface area (TPSA) is 29.3 Å². The van der Waals surface area contributed by atoms with Crippen molar-refractivity contribution in [2.75, 3.05) is 5.32 Å². The molecule has 1 heterocycles. The van der Waals surface area contributed by atoms with Crippen molar-refractivity contribution in [3.8, 4) is 27.9 Å². The van der Waals surface area contributed by atoms with Crippen LogP contribution in [-0.4, -0.2) is 11.3 Å². The second-order valence-corrected chi connectivity index (χ2v) is 11.8. The van der Waals surface area contributed by atoms with Crippen LogP contribution in [0.4, 0.5) is 17.1 Å². The van der Waals surface area contributed by atoms with Gasteiger partial charge in [0.1, 0.15) is 0 Å². The summed E-state index contributed by atoms with van der Waals surface area (Å²) in [5.41, 5.74) is 14.3. The predicted molar refractivity (Wildman–Crippen MR) is 208 cm³/mol. The van der Waals surface area contributed by atoms with Crippen molar-refractivity contribution < 1.29 is 0 Å². The molecule has 0 amide bonds. The number of rotatable bonds is 9. The van der Waals surface area contributed by atoms with Gasteiger partial charge in [0.25, 0.3) is 0 Å². The lowest BCUT2D eigenvalue weighted by Gasteiger charge is -2.18. The number of nitrogens with zero attached hydrogens (tertiary/aromatic N) is 2. The monoisotopic (exact) mass is 619 g/mol. The van der Waals surface area contributed by atoms with Crippen LogP contribution in [0.5, 0.6) is 0 Å². The summed E-state index contributed by atoms with van der Waals surface area (Å²) >= 11 is 0. The molecule has 0 bridgehead atoms. The highest BCUT2D eigenvalue weighted by molar-refractivity contribution is 6.12. The predicted octanol–water partition coefficient (Wildman–Crippen LogP) is 12.6. The number of allylic oxidation sites excluding steroid dienone is 5. The SMILES string of the molecule is C=C/C=C(\C=C/C)c1cc(-c2ccccc2)cc(-n2c3ccccc3c3ccc(-c4ccccc4Nc4ccccc4N=C)c(C)c32)c1. The minimum atomic E-state index is 0.816.